The molecule has 0 spiro atoms. The second-order valence-corrected chi connectivity index (χ2v) is 7.96. The first-order valence-corrected chi connectivity index (χ1v) is 10.9. The van der Waals surface area contributed by atoms with Crippen molar-refractivity contribution in [3.8, 4) is 11.5 Å². The summed E-state index contributed by atoms with van der Waals surface area (Å²) in [6.45, 7) is 9.94. The summed E-state index contributed by atoms with van der Waals surface area (Å²) in [5, 5.41) is 12.8. The average Bonchev–Trinajstić information content (AvgIpc) is 3.48. The summed E-state index contributed by atoms with van der Waals surface area (Å²) in [6, 6.07) is 5.84. The molecule has 9 nitrogen and oxygen atoms in total. The summed E-state index contributed by atoms with van der Waals surface area (Å²) in [6.07, 6.45) is 4.23. The number of para-hydroxylation sites is 1. The van der Waals surface area contributed by atoms with Gasteiger partial charge in [0.05, 0.1) is 26.9 Å². The summed E-state index contributed by atoms with van der Waals surface area (Å²) in [5.74, 6) is 2.22. The van der Waals surface area contributed by atoms with Crippen LogP contribution in [0.4, 0.5) is 0 Å². The third-order valence-electron chi connectivity index (χ3n) is 6.09. The average molecular weight is 429 g/mol. The number of rotatable bonds is 9. The molecule has 1 aromatic carbocycles. The van der Waals surface area contributed by atoms with Gasteiger partial charge in [-0.2, -0.15) is 0 Å². The maximum Gasteiger partial charge on any atom is 0.173 e. The second-order valence-electron chi connectivity index (χ2n) is 7.96. The van der Waals surface area contributed by atoms with Gasteiger partial charge in [0.25, 0.3) is 0 Å². The number of hydrogen-bond acceptors (Lipinski definition) is 8. The Hall–Kier alpha value is -2.49. The van der Waals surface area contributed by atoms with Gasteiger partial charge in [-0.05, 0) is 29.3 Å². The first kappa shape index (κ1) is 21.7. The minimum absolute atomic E-state index is 0.146. The van der Waals surface area contributed by atoms with E-state index in [0.717, 1.165) is 69.3 Å². The Kier molecular flexibility index (Phi) is 7.16. The van der Waals surface area contributed by atoms with Crippen LogP contribution in [0.2, 0.25) is 0 Å². The topological polar surface area (TPSA) is 77.8 Å². The van der Waals surface area contributed by atoms with Crippen molar-refractivity contribution < 1.29 is 14.2 Å². The van der Waals surface area contributed by atoms with Crippen molar-refractivity contribution in [1.29, 1.82) is 0 Å². The fourth-order valence-electron chi connectivity index (χ4n) is 4.53. The molecule has 2 aliphatic heterocycles. The zero-order valence-electron chi connectivity index (χ0n) is 18.4. The third-order valence-corrected chi connectivity index (χ3v) is 6.09. The second kappa shape index (κ2) is 10.2. The quantitative estimate of drug-likeness (QED) is 0.559. The highest BCUT2D eigenvalue weighted by Crippen LogP contribution is 2.39. The lowest BCUT2D eigenvalue weighted by Crippen LogP contribution is -2.48. The van der Waals surface area contributed by atoms with E-state index in [0.29, 0.717) is 12.3 Å². The summed E-state index contributed by atoms with van der Waals surface area (Å²) in [5.41, 5.74) is 1.00. The lowest BCUT2D eigenvalue weighted by atomic mass is 10.0. The number of hydrogen-bond donors (Lipinski definition) is 0. The zero-order valence-corrected chi connectivity index (χ0v) is 18.4. The van der Waals surface area contributed by atoms with E-state index in [4.69, 9.17) is 14.2 Å². The lowest BCUT2D eigenvalue weighted by Gasteiger charge is -2.39. The normalized spacial score (nSPS) is 21.2. The molecule has 0 unspecified atom stereocenters. The van der Waals surface area contributed by atoms with Crippen LogP contribution >= 0.6 is 0 Å². The van der Waals surface area contributed by atoms with Crippen LogP contribution in [-0.2, 0) is 11.3 Å². The van der Waals surface area contributed by atoms with Gasteiger partial charge in [0.2, 0.25) is 0 Å². The van der Waals surface area contributed by atoms with Crippen molar-refractivity contribution in [3.63, 3.8) is 0 Å². The molecule has 2 aliphatic rings. The van der Waals surface area contributed by atoms with Crippen molar-refractivity contribution in [3.05, 3.63) is 42.2 Å². The SMILES string of the molecule is C=CCN1CCN([C@@H](c2cccc(OC)c2OC)c2nnnn2C[C@H]2CCCO2)CC1. The van der Waals surface area contributed by atoms with E-state index in [1.807, 2.05) is 22.9 Å². The molecule has 9 heteroatoms. The Morgan fingerprint density at radius 1 is 1.23 bits per heavy atom. The van der Waals surface area contributed by atoms with Gasteiger partial charge < -0.3 is 14.2 Å². The van der Waals surface area contributed by atoms with Gasteiger partial charge in [-0.1, -0.05) is 18.2 Å². The van der Waals surface area contributed by atoms with E-state index in [-0.39, 0.29) is 12.1 Å². The summed E-state index contributed by atoms with van der Waals surface area (Å²) in [7, 11) is 3.34. The van der Waals surface area contributed by atoms with Crippen LogP contribution < -0.4 is 9.47 Å². The molecule has 2 aromatic rings. The summed E-state index contributed by atoms with van der Waals surface area (Å²) in [4.78, 5) is 4.83. The molecule has 31 heavy (non-hydrogen) atoms. The van der Waals surface area contributed by atoms with Crippen LogP contribution in [0.15, 0.2) is 30.9 Å². The first-order chi connectivity index (χ1) is 15.2. The molecule has 0 bridgehead atoms. The van der Waals surface area contributed by atoms with Gasteiger partial charge in [0, 0.05) is 44.9 Å². The maximum absolute atomic E-state index is 5.84. The molecule has 1 aromatic heterocycles. The molecule has 2 fully saturated rings. The van der Waals surface area contributed by atoms with Crippen molar-refractivity contribution in [2.75, 3.05) is 53.6 Å². The number of benzene rings is 1. The molecule has 4 rings (SSSR count). The highest BCUT2D eigenvalue weighted by atomic mass is 16.5. The number of tetrazole rings is 1. The molecular formula is C22H32N6O3. The molecule has 0 saturated carbocycles. The molecule has 0 radical (unpaired) electrons. The Balaban J connectivity index is 1.69. The van der Waals surface area contributed by atoms with Crippen molar-refractivity contribution in [1.82, 2.24) is 30.0 Å². The van der Waals surface area contributed by atoms with Crippen LogP contribution in [0.1, 0.15) is 30.3 Å². The molecule has 0 amide bonds. The highest BCUT2D eigenvalue weighted by molar-refractivity contribution is 5.49. The Morgan fingerprint density at radius 3 is 2.74 bits per heavy atom. The van der Waals surface area contributed by atoms with Crippen molar-refractivity contribution in [2.45, 2.75) is 31.5 Å². The standard InChI is InChI=1S/C22H32N6O3/c1-4-10-26-11-13-27(14-12-26)20(18-8-5-9-19(29-2)21(18)30-3)22-23-24-25-28(22)16-17-7-6-15-31-17/h4-5,8-9,17,20H,1,6-7,10-16H2,2-3H3/t17-,20+/m1/s1. The minimum Gasteiger partial charge on any atom is -0.493 e. The molecule has 168 valence electrons. The summed E-state index contributed by atoms with van der Waals surface area (Å²) < 4.78 is 19.1. The van der Waals surface area contributed by atoms with Gasteiger partial charge in [-0.3, -0.25) is 9.80 Å². The van der Waals surface area contributed by atoms with E-state index in [1.165, 1.54) is 0 Å². The van der Waals surface area contributed by atoms with Crippen LogP contribution in [0.25, 0.3) is 0 Å². The molecule has 3 heterocycles. The van der Waals surface area contributed by atoms with E-state index in [2.05, 4.69) is 38.0 Å². The largest absolute Gasteiger partial charge is 0.493 e. The van der Waals surface area contributed by atoms with Gasteiger partial charge in [0.15, 0.2) is 17.3 Å². The lowest BCUT2D eigenvalue weighted by molar-refractivity contribution is 0.0865. The summed E-state index contributed by atoms with van der Waals surface area (Å²) >= 11 is 0. The van der Waals surface area contributed by atoms with Gasteiger partial charge in [-0.25, -0.2) is 4.68 Å². The predicted molar refractivity (Wildman–Crippen MR) is 116 cm³/mol. The van der Waals surface area contributed by atoms with Crippen LogP contribution in [0.3, 0.4) is 0 Å². The monoisotopic (exact) mass is 428 g/mol. The number of aromatic nitrogens is 4. The van der Waals surface area contributed by atoms with Gasteiger partial charge in [-0.15, -0.1) is 11.7 Å². The minimum atomic E-state index is -0.146. The van der Waals surface area contributed by atoms with Crippen molar-refractivity contribution >= 4 is 0 Å². The van der Waals surface area contributed by atoms with E-state index in [1.54, 1.807) is 14.2 Å². The Bertz CT molecular complexity index is 859. The van der Waals surface area contributed by atoms with Crippen molar-refractivity contribution in [2.24, 2.45) is 0 Å². The first-order valence-electron chi connectivity index (χ1n) is 10.9. The number of nitrogens with zero attached hydrogens (tertiary/aromatic N) is 6. The number of methoxy groups -OCH3 is 2. The van der Waals surface area contributed by atoms with E-state index in [9.17, 15) is 0 Å². The molecule has 2 atom stereocenters. The Morgan fingerprint density at radius 2 is 2.06 bits per heavy atom. The zero-order chi connectivity index (χ0) is 21.6. The molecule has 2 saturated heterocycles. The number of piperazine rings is 1. The predicted octanol–water partition coefficient (Wildman–Crippen LogP) is 1.76. The van der Waals surface area contributed by atoms with Gasteiger partial charge >= 0.3 is 0 Å². The fourth-order valence-corrected chi connectivity index (χ4v) is 4.53. The van der Waals surface area contributed by atoms with Crippen LogP contribution in [0, 0.1) is 0 Å². The van der Waals surface area contributed by atoms with Crippen LogP contribution in [-0.4, -0.2) is 89.7 Å². The number of ether oxygens (including phenoxy) is 3. The maximum atomic E-state index is 5.84. The molecular weight excluding hydrogens is 396 g/mol. The fraction of sp³-hybridized carbons (Fsp3) is 0.591. The van der Waals surface area contributed by atoms with Gasteiger partial charge in [0.1, 0.15) is 6.04 Å². The Labute approximate surface area is 183 Å². The third kappa shape index (κ3) is 4.73. The van der Waals surface area contributed by atoms with Crippen LogP contribution in [0.5, 0.6) is 11.5 Å². The van der Waals surface area contributed by atoms with E-state index >= 15 is 0 Å². The highest BCUT2D eigenvalue weighted by Gasteiger charge is 2.34. The molecule has 0 N–H and O–H groups in total. The smallest absolute Gasteiger partial charge is 0.173 e. The molecule has 0 aliphatic carbocycles. The van der Waals surface area contributed by atoms with E-state index < -0.39 is 0 Å².